The molecule has 0 spiro atoms. The van der Waals surface area contributed by atoms with Gasteiger partial charge in [-0.2, -0.15) is 0 Å². The number of nitrogens with two attached hydrogens (primary N) is 1. The normalized spacial score (nSPS) is 11.0. The van der Waals surface area contributed by atoms with Gasteiger partial charge >= 0.3 is 0 Å². The SMILES string of the molecule is Cc1cc2nnc(-c3ccc([N+](=O)[O-])cc3N)n2c(C)n1. The van der Waals surface area contributed by atoms with E-state index < -0.39 is 4.92 Å². The Bertz CT molecular complexity index is 870. The molecule has 106 valence electrons. The van der Waals surface area contributed by atoms with E-state index in [1.54, 1.807) is 10.5 Å². The van der Waals surface area contributed by atoms with Crippen LogP contribution in [0.5, 0.6) is 0 Å². The Morgan fingerprint density at radius 1 is 1.24 bits per heavy atom. The van der Waals surface area contributed by atoms with E-state index in [-0.39, 0.29) is 11.4 Å². The second-order valence-corrected chi connectivity index (χ2v) is 4.69. The van der Waals surface area contributed by atoms with E-state index >= 15 is 0 Å². The lowest BCUT2D eigenvalue weighted by molar-refractivity contribution is -0.384. The number of fused-ring (bicyclic) bond motifs is 1. The van der Waals surface area contributed by atoms with Gasteiger partial charge in [0.1, 0.15) is 5.82 Å². The molecule has 3 rings (SSSR count). The number of rotatable bonds is 2. The summed E-state index contributed by atoms with van der Waals surface area (Å²) < 4.78 is 1.77. The lowest BCUT2D eigenvalue weighted by Crippen LogP contribution is -2.01. The third-order valence-corrected chi connectivity index (χ3v) is 3.17. The minimum atomic E-state index is -0.488. The van der Waals surface area contributed by atoms with Crippen molar-refractivity contribution in [2.75, 3.05) is 5.73 Å². The van der Waals surface area contributed by atoms with E-state index in [0.717, 1.165) is 11.5 Å². The highest BCUT2D eigenvalue weighted by atomic mass is 16.6. The Morgan fingerprint density at radius 2 is 2.00 bits per heavy atom. The van der Waals surface area contributed by atoms with Gasteiger partial charge < -0.3 is 5.73 Å². The zero-order valence-electron chi connectivity index (χ0n) is 11.4. The molecular formula is C13H12N6O2. The number of aryl methyl sites for hydroxylation is 2. The largest absolute Gasteiger partial charge is 0.398 e. The fourth-order valence-corrected chi connectivity index (χ4v) is 2.27. The van der Waals surface area contributed by atoms with Crippen LogP contribution in [0.15, 0.2) is 24.3 Å². The van der Waals surface area contributed by atoms with Crippen LogP contribution in [0.2, 0.25) is 0 Å². The Hall–Kier alpha value is -3.03. The maximum atomic E-state index is 10.8. The van der Waals surface area contributed by atoms with Crippen LogP contribution in [-0.4, -0.2) is 24.5 Å². The van der Waals surface area contributed by atoms with Crippen molar-refractivity contribution in [3.63, 3.8) is 0 Å². The first-order chi connectivity index (χ1) is 9.97. The average Bonchev–Trinajstić information content (AvgIpc) is 2.82. The van der Waals surface area contributed by atoms with Crippen molar-refractivity contribution in [2.24, 2.45) is 0 Å². The van der Waals surface area contributed by atoms with Crippen molar-refractivity contribution in [1.29, 1.82) is 0 Å². The third kappa shape index (κ3) is 2.06. The number of benzene rings is 1. The highest BCUT2D eigenvalue weighted by molar-refractivity contribution is 5.75. The predicted molar refractivity (Wildman–Crippen MR) is 76.8 cm³/mol. The molecule has 0 aliphatic carbocycles. The summed E-state index contributed by atoms with van der Waals surface area (Å²) in [7, 11) is 0. The molecule has 0 aliphatic heterocycles. The van der Waals surface area contributed by atoms with Gasteiger partial charge in [-0.3, -0.25) is 14.5 Å². The fraction of sp³-hybridized carbons (Fsp3) is 0.154. The molecule has 1 aromatic carbocycles. The highest BCUT2D eigenvalue weighted by Crippen LogP contribution is 2.28. The van der Waals surface area contributed by atoms with Crippen LogP contribution in [0.1, 0.15) is 11.5 Å². The van der Waals surface area contributed by atoms with E-state index in [9.17, 15) is 10.1 Å². The molecule has 0 radical (unpaired) electrons. The third-order valence-electron chi connectivity index (χ3n) is 3.17. The molecule has 0 aliphatic rings. The standard InChI is InChI=1S/C13H12N6O2/c1-7-5-12-16-17-13(18(12)8(2)15-7)10-4-3-9(19(20)21)6-11(10)14/h3-6H,14H2,1-2H3. The molecule has 0 fully saturated rings. The van der Waals surface area contributed by atoms with Crippen molar-refractivity contribution in [3.8, 4) is 11.4 Å². The summed E-state index contributed by atoms with van der Waals surface area (Å²) in [6.07, 6.45) is 0. The lowest BCUT2D eigenvalue weighted by atomic mass is 10.1. The predicted octanol–water partition coefficient (Wildman–Crippen LogP) is 1.90. The molecule has 2 aromatic heterocycles. The molecule has 0 saturated heterocycles. The summed E-state index contributed by atoms with van der Waals surface area (Å²) in [4.78, 5) is 14.6. The Labute approximate surface area is 119 Å². The molecule has 8 nitrogen and oxygen atoms in total. The number of nitrogen functional groups attached to an aromatic ring is 1. The van der Waals surface area contributed by atoms with Gasteiger partial charge in [0, 0.05) is 35.1 Å². The van der Waals surface area contributed by atoms with Crippen LogP contribution in [-0.2, 0) is 0 Å². The van der Waals surface area contributed by atoms with E-state index in [4.69, 9.17) is 5.73 Å². The average molecular weight is 284 g/mol. The smallest absolute Gasteiger partial charge is 0.271 e. The summed E-state index contributed by atoms with van der Waals surface area (Å²) in [6, 6.07) is 6.09. The van der Waals surface area contributed by atoms with E-state index in [1.165, 1.54) is 12.1 Å². The van der Waals surface area contributed by atoms with Crippen LogP contribution in [0.4, 0.5) is 11.4 Å². The van der Waals surface area contributed by atoms with Crippen LogP contribution >= 0.6 is 0 Å². The summed E-state index contributed by atoms with van der Waals surface area (Å²) >= 11 is 0. The van der Waals surface area contributed by atoms with Crippen molar-refractivity contribution in [1.82, 2.24) is 19.6 Å². The molecule has 3 aromatic rings. The van der Waals surface area contributed by atoms with Gasteiger partial charge in [-0.25, -0.2) is 4.98 Å². The minimum Gasteiger partial charge on any atom is -0.398 e. The van der Waals surface area contributed by atoms with Crippen molar-refractivity contribution < 1.29 is 4.92 Å². The monoisotopic (exact) mass is 284 g/mol. The number of nitro groups is 1. The van der Waals surface area contributed by atoms with Gasteiger partial charge in [0.25, 0.3) is 5.69 Å². The van der Waals surface area contributed by atoms with Gasteiger partial charge in [-0.05, 0) is 19.9 Å². The van der Waals surface area contributed by atoms with Gasteiger partial charge in [0.15, 0.2) is 11.5 Å². The Morgan fingerprint density at radius 3 is 2.67 bits per heavy atom. The maximum Gasteiger partial charge on any atom is 0.271 e. The second-order valence-electron chi connectivity index (χ2n) is 4.69. The van der Waals surface area contributed by atoms with Crippen molar-refractivity contribution in [3.05, 3.63) is 45.9 Å². The van der Waals surface area contributed by atoms with E-state index in [1.807, 2.05) is 19.9 Å². The number of nitrogens with zero attached hydrogens (tertiary/aromatic N) is 5. The molecule has 0 atom stereocenters. The summed E-state index contributed by atoms with van der Waals surface area (Å²) in [6.45, 7) is 3.72. The number of anilines is 1. The van der Waals surface area contributed by atoms with E-state index in [2.05, 4.69) is 15.2 Å². The number of nitro benzene ring substituents is 1. The summed E-state index contributed by atoms with van der Waals surface area (Å²) in [5.74, 6) is 1.24. The number of non-ortho nitro benzene ring substituents is 1. The van der Waals surface area contributed by atoms with Gasteiger partial charge in [-0.1, -0.05) is 0 Å². The first-order valence-corrected chi connectivity index (χ1v) is 6.21. The Balaban J connectivity index is 2.24. The van der Waals surface area contributed by atoms with Crippen molar-refractivity contribution in [2.45, 2.75) is 13.8 Å². The fourth-order valence-electron chi connectivity index (χ4n) is 2.27. The highest BCUT2D eigenvalue weighted by Gasteiger charge is 2.16. The molecule has 0 saturated carbocycles. The van der Waals surface area contributed by atoms with Crippen molar-refractivity contribution >= 4 is 17.0 Å². The molecule has 8 heteroatoms. The van der Waals surface area contributed by atoms with Gasteiger partial charge in [-0.15, -0.1) is 10.2 Å². The maximum absolute atomic E-state index is 10.8. The quantitative estimate of drug-likeness (QED) is 0.437. The number of hydrogen-bond acceptors (Lipinski definition) is 6. The number of aromatic nitrogens is 4. The van der Waals surface area contributed by atoms with E-state index in [0.29, 0.717) is 17.0 Å². The minimum absolute atomic E-state index is 0.0595. The first kappa shape index (κ1) is 13.0. The van der Waals surface area contributed by atoms with Gasteiger partial charge in [0.2, 0.25) is 0 Å². The topological polar surface area (TPSA) is 112 Å². The molecule has 21 heavy (non-hydrogen) atoms. The molecule has 2 heterocycles. The number of hydrogen-bond donors (Lipinski definition) is 1. The zero-order valence-corrected chi connectivity index (χ0v) is 11.4. The molecule has 2 N–H and O–H groups in total. The molecule has 0 unspecified atom stereocenters. The first-order valence-electron chi connectivity index (χ1n) is 6.21. The van der Waals surface area contributed by atoms with Crippen LogP contribution in [0, 0.1) is 24.0 Å². The van der Waals surface area contributed by atoms with Gasteiger partial charge in [0.05, 0.1) is 4.92 Å². The summed E-state index contributed by atoms with van der Waals surface area (Å²) in [5.41, 5.74) is 8.22. The van der Waals surface area contributed by atoms with Crippen LogP contribution in [0.3, 0.4) is 0 Å². The molecular weight excluding hydrogens is 272 g/mol. The second kappa shape index (κ2) is 4.51. The van der Waals surface area contributed by atoms with Crippen LogP contribution in [0.25, 0.3) is 17.0 Å². The summed E-state index contributed by atoms with van der Waals surface area (Å²) in [5, 5.41) is 19.0. The zero-order chi connectivity index (χ0) is 15.1. The lowest BCUT2D eigenvalue weighted by Gasteiger charge is -2.06. The Kier molecular flexibility index (Phi) is 2.79. The molecule has 0 amide bonds. The molecule has 0 bridgehead atoms. The van der Waals surface area contributed by atoms with Crippen LogP contribution < -0.4 is 5.73 Å².